The van der Waals surface area contributed by atoms with E-state index in [-0.39, 0.29) is 17.9 Å². The van der Waals surface area contributed by atoms with Crippen LogP contribution in [0.15, 0.2) is 42.6 Å². The molecule has 2 aromatic rings. The molecule has 8 heteroatoms. The fourth-order valence-corrected chi connectivity index (χ4v) is 2.87. The predicted octanol–water partition coefficient (Wildman–Crippen LogP) is 2.36. The smallest absolute Gasteiger partial charge is 0.387 e. The van der Waals surface area contributed by atoms with Crippen molar-refractivity contribution in [2.75, 3.05) is 38.1 Å². The van der Waals surface area contributed by atoms with Crippen LogP contribution in [0.5, 0.6) is 5.75 Å². The fraction of sp³-hybridized carbons (Fsp3) is 0.368. The van der Waals surface area contributed by atoms with Gasteiger partial charge >= 0.3 is 6.61 Å². The van der Waals surface area contributed by atoms with E-state index in [0.29, 0.717) is 0 Å². The molecule has 3 rings (SSSR count). The van der Waals surface area contributed by atoms with E-state index in [4.69, 9.17) is 0 Å². The molecule has 1 fully saturated rings. The van der Waals surface area contributed by atoms with Crippen LogP contribution in [-0.4, -0.2) is 55.6 Å². The molecule has 0 atom stereocenters. The zero-order valence-corrected chi connectivity index (χ0v) is 15.1. The molecule has 27 heavy (non-hydrogen) atoms. The van der Waals surface area contributed by atoms with E-state index in [1.54, 1.807) is 12.3 Å². The third-order valence-corrected chi connectivity index (χ3v) is 4.44. The van der Waals surface area contributed by atoms with Crippen LogP contribution in [0.2, 0.25) is 0 Å². The van der Waals surface area contributed by atoms with Gasteiger partial charge in [0.15, 0.2) is 0 Å². The van der Waals surface area contributed by atoms with Crippen LogP contribution < -0.4 is 15.0 Å². The first kappa shape index (κ1) is 19.0. The molecule has 0 spiro atoms. The minimum atomic E-state index is -2.98. The summed E-state index contributed by atoms with van der Waals surface area (Å²) in [6, 6.07) is 9.76. The largest absolute Gasteiger partial charge is 0.434 e. The number of carbonyl (C=O) groups is 1. The molecule has 2 heterocycles. The maximum atomic E-state index is 12.5. The lowest BCUT2D eigenvalue weighted by molar-refractivity contribution is -0.0501. The molecule has 1 aromatic carbocycles. The minimum absolute atomic E-state index is 0.0693. The number of alkyl halides is 2. The summed E-state index contributed by atoms with van der Waals surface area (Å²) in [6.45, 7) is 1.13. The molecule has 1 aliphatic rings. The first-order valence-corrected chi connectivity index (χ1v) is 8.73. The predicted molar refractivity (Wildman–Crippen MR) is 98.2 cm³/mol. The number of hydrogen-bond donors (Lipinski definition) is 1. The first-order chi connectivity index (χ1) is 13.0. The average Bonchev–Trinajstić information content (AvgIpc) is 2.67. The molecule has 1 amide bonds. The van der Waals surface area contributed by atoms with Crippen LogP contribution >= 0.6 is 0 Å². The van der Waals surface area contributed by atoms with Gasteiger partial charge in [-0.15, -0.1) is 0 Å². The van der Waals surface area contributed by atoms with Gasteiger partial charge in [0.25, 0.3) is 5.91 Å². The number of hydrogen-bond acceptors (Lipinski definition) is 5. The van der Waals surface area contributed by atoms with Crippen LogP contribution in [0.1, 0.15) is 15.9 Å². The van der Waals surface area contributed by atoms with Crippen molar-refractivity contribution >= 4 is 11.7 Å². The Bertz CT molecular complexity index is 763. The second kappa shape index (κ2) is 8.77. The average molecular weight is 376 g/mol. The highest BCUT2D eigenvalue weighted by Crippen LogP contribution is 2.20. The molecule has 0 unspecified atom stereocenters. The van der Waals surface area contributed by atoms with Crippen LogP contribution in [0.4, 0.5) is 14.6 Å². The summed E-state index contributed by atoms with van der Waals surface area (Å²) in [6.07, 6.45) is 1.72. The topological polar surface area (TPSA) is 57.7 Å². The van der Waals surface area contributed by atoms with Crippen molar-refractivity contribution < 1.29 is 18.3 Å². The number of anilines is 1. The lowest BCUT2D eigenvalue weighted by atomic mass is 10.2. The monoisotopic (exact) mass is 376 g/mol. The summed E-state index contributed by atoms with van der Waals surface area (Å²) in [7, 11) is 2.10. The van der Waals surface area contributed by atoms with Gasteiger partial charge in [0.2, 0.25) is 0 Å². The second-order valence-electron chi connectivity index (χ2n) is 6.37. The van der Waals surface area contributed by atoms with E-state index in [9.17, 15) is 13.6 Å². The number of para-hydroxylation sites is 1. The number of piperazine rings is 1. The van der Waals surface area contributed by atoms with Crippen molar-refractivity contribution in [2.24, 2.45) is 0 Å². The number of ether oxygens (including phenoxy) is 1. The minimum Gasteiger partial charge on any atom is -0.434 e. The van der Waals surface area contributed by atoms with Crippen molar-refractivity contribution in [1.82, 2.24) is 15.2 Å². The normalized spacial score (nSPS) is 15.0. The lowest BCUT2D eigenvalue weighted by Gasteiger charge is -2.33. The standard InChI is InChI=1S/C19H22F2N4O2/c1-24-8-10-25(11-9-24)17-7-6-14(12-22-17)13-23-18(26)15-4-2-3-5-16(15)27-19(20)21/h2-7,12,19H,8-11,13H2,1H3,(H,23,26). The van der Waals surface area contributed by atoms with E-state index in [2.05, 4.69) is 31.9 Å². The zero-order chi connectivity index (χ0) is 19.2. The third-order valence-electron chi connectivity index (χ3n) is 4.44. The van der Waals surface area contributed by atoms with E-state index in [1.165, 1.54) is 18.2 Å². The van der Waals surface area contributed by atoms with Crippen LogP contribution in [0.3, 0.4) is 0 Å². The lowest BCUT2D eigenvalue weighted by Crippen LogP contribution is -2.44. The number of aromatic nitrogens is 1. The van der Waals surface area contributed by atoms with Crippen LogP contribution in [0.25, 0.3) is 0 Å². The Morgan fingerprint density at radius 3 is 2.59 bits per heavy atom. The molecular weight excluding hydrogens is 354 g/mol. The van der Waals surface area contributed by atoms with Gasteiger partial charge in [-0.2, -0.15) is 8.78 Å². The Hall–Kier alpha value is -2.74. The summed E-state index contributed by atoms with van der Waals surface area (Å²) < 4.78 is 29.3. The Labute approximate surface area is 156 Å². The molecule has 0 radical (unpaired) electrons. The van der Waals surface area contributed by atoms with Crippen molar-refractivity contribution in [3.05, 3.63) is 53.7 Å². The number of nitrogens with one attached hydrogen (secondary N) is 1. The summed E-state index contributed by atoms with van der Waals surface area (Å²) in [5.41, 5.74) is 0.897. The molecule has 144 valence electrons. The van der Waals surface area contributed by atoms with E-state index < -0.39 is 12.5 Å². The Morgan fingerprint density at radius 2 is 1.93 bits per heavy atom. The second-order valence-corrected chi connectivity index (χ2v) is 6.37. The molecule has 1 aromatic heterocycles. The Kier molecular flexibility index (Phi) is 6.18. The molecule has 0 aliphatic carbocycles. The summed E-state index contributed by atoms with van der Waals surface area (Å²) in [5.74, 6) is 0.289. The van der Waals surface area contributed by atoms with Crippen molar-refractivity contribution in [1.29, 1.82) is 0 Å². The SMILES string of the molecule is CN1CCN(c2ccc(CNC(=O)c3ccccc3OC(F)F)cn2)CC1. The number of amides is 1. The van der Waals surface area contributed by atoms with Gasteiger partial charge in [0, 0.05) is 38.9 Å². The van der Waals surface area contributed by atoms with Gasteiger partial charge in [0.1, 0.15) is 11.6 Å². The molecule has 0 saturated carbocycles. The molecule has 1 N–H and O–H groups in total. The van der Waals surface area contributed by atoms with Crippen LogP contribution in [0, 0.1) is 0 Å². The molecule has 1 saturated heterocycles. The van der Waals surface area contributed by atoms with E-state index in [1.807, 2.05) is 12.1 Å². The molecule has 1 aliphatic heterocycles. The van der Waals surface area contributed by atoms with Crippen molar-refractivity contribution in [3.8, 4) is 5.75 Å². The summed E-state index contributed by atoms with van der Waals surface area (Å²) >= 11 is 0. The molecule has 0 bridgehead atoms. The van der Waals surface area contributed by atoms with Gasteiger partial charge in [-0.1, -0.05) is 18.2 Å². The van der Waals surface area contributed by atoms with Crippen LogP contribution in [-0.2, 0) is 6.54 Å². The highest BCUT2D eigenvalue weighted by atomic mass is 19.3. The van der Waals surface area contributed by atoms with Gasteiger partial charge in [-0.3, -0.25) is 4.79 Å². The fourth-order valence-electron chi connectivity index (χ4n) is 2.87. The number of carbonyl (C=O) groups excluding carboxylic acids is 1. The zero-order valence-electron chi connectivity index (χ0n) is 15.1. The number of halogens is 2. The van der Waals surface area contributed by atoms with Gasteiger partial charge in [0.05, 0.1) is 5.56 Å². The number of likely N-dealkylation sites (N-methyl/N-ethyl adjacent to an activating group) is 1. The molecular formula is C19H22F2N4O2. The summed E-state index contributed by atoms with van der Waals surface area (Å²) in [5, 5.41) is 2.71. The highest BCUT2D eigenvalue weighted by Gasteiger charge is 2.16. The Balaban J connectivity index is 1.58. The number of pyridine rings is 1. The van der Waals surface area contributed by atoms with Gasteiger partial charge < -0.3 is 19.9 Å². The van der Waals surface area contributed by atoms with Crippen molar-refractivity contribution in [2.45, 2.75) is 13.2 Å². The third kappa shape index (κ3) is 5.13. The number of benzene rings is 1. The summed E-state index contributed by atoms with van der Waals surface area (Å²) in [4.78, 5) is 21.3. The maximum absolute atomic E-state index is 12.5. The Morgan fingerprint density at radius 1 is 1.19 bits per heavy atom. The van der Waals surface area contributed by atoms with Gasteiger partial charge in [-0.05, 0) is 30.8 Å². The molecule has 6 nitrogen and oxygen atoms in total. The number of nitrogens with zero attached hydrogens (tertiary/aromatic N) is 3. The first-order valence-electron chi connectivity index (χ1n) is 8.73. The van der Waals surface area contributed by atoms with Crippen molar-refractivity contribution in [3.63, 3.8) is 0 Å². The maximum Gasteiger partial charge on any atom is 0.387 e. The van der Waals surface area contributed by atoms with E-state index >= 15 is 0 Å². The quantitative estimate of drug-likeness (QED) is 0.839. The van der Waals surface area contributed by atoms with Gasteiger partial charge in [-0.25, -0.2) is 4.98 Å². The van der Waals surface area contributed by atoms with E-state index in [0.717, 1.165) is 37.6 Å². The number of rotatable bonds is 6. The highest BCUT2D eigenvalue weighted by molar-refractivity contribution is 5.96.